The van der Waals surface area contributed by atoms with Crippen LogP contribution in [0.1, 0.15) is 12.0 Å². The first kappa shape index (κ1) is 17.5. The molecule has 0 aliphatic carbocycles. The van der Waals surface area contributed by atoms with E-state index in [0.717, 1.165) is 17.7 Å². The molecule has 0 aliphatic heterocycles. The van der Waals surface area contributed by atoms with E-state index in [1.165, 1.54) is 0 Å². The molecular weight excluding hydrogens is 324 g/mol. The zero-order valence-corrected chi connectivity index (χ0v) is 13.2. The van der Waals surface area contributed by atoms with Crippen LogP contribution in [0.25, 0.3) is 0 Å². The van der Waals surface area contributed by atoms with Gasteiger partial charge in [0, 0.05) is 13.2 Å². The Morgan fingerprint density at radius 3 is 2.43 bits per heavy atom. The fourth-order valence-corrected chi connectivity index (χ4v) is 2.96. The van der Waals surface area contributed by atoms with Gasteiger partial charge in [-0.25, -0.2) is 21.9 Å². The first-order valence-electron chi connectivity index (χ1n) is 7.05. The molecular formula is C16H17F2NO3S. The van der Waals surface area contributed by atoms with E-state index in [1.54, 1.807) is 0 Å². The van der Waals surface area contributed by atoms with Crippen molar-refractivity contribution in [3.05, 3.63) is 65.7 Å². The Hall–Kier alpha value is -1.83. The van der Waals surface area contributed by atoms with Crippen LogP contribution in [-0.2, 0) is 21.4 Å². The minimum absolute atomic E-state index is 0.149. The van der Waals surface area contributed by atoms with Crippen LogP contribution in [0.15, 0.2) is 53.4 Å². The molecule has 2 aromatic rings. The molecule has 124 valence electrons. The van der Waals surface area contributed by atoms with Crippen LogP contribution < -0.4 is 4.72 Å². The second-order valence-corrected chi connectivity index (χ2v) is 6.63. The van der Waals surface area contributed by atoms with E-state index in [2.05, 4.69) is 4.72 Å². The summed E-state index contributed by atoms with van der Waals surface area (Å²) < 4.78 is 57.5. The van der Waals surface area contributed by atoms with Gasteiger partial charge in [-0.2, -0.15) is 0 Å². The highest BCUT2D eigenvalue weighted by Crippen LogP contribution is 2.13. The van der Waals surface area contributed by atoms with E-state index in [4.69, 9.17) is 4.74 Å². The lowest BCUT2D eigenvalue weighted by atomic mass is 10.2. The van der Waals surface area contributed by atoms with Crippen molar-refractivity contribution in [3.8, 4) is 0 Å². The van der Waals surface area contributed by atoms with Crippen molar-refractivity contribution in [1.82, 2.24) is 4.72 Å². The number of ether oxygens (including phenoxy) is 1. The number of sulfonamides is 1. The molecule has 0 aliphatic rings. The maximum atomic E-state index is 13.1. The molecule has 4 nitrogen and oxygen atoms in total. The molecule has 23 heavy (non-hydrogen) atoms. The van der Waals surface area contributed by atoms with Crippen molar-refractivity contribution in [3.63, 3.8) is 0 Å². The smallest absolute Gasteiger partial charge is 0.240 e. The van der Waals surface area contributed by atoms with Gasteiger partial charge in [0.15, 0.2) is 11.6 Å². The van der Waals surface area contributed by atoms with Crippen molar-refractivity contribution in [1.29, 1.82) is 0 Å². The number of hydrogen-bond donors (Lipinski definition) is 1. The summed E-state index contributed by atoms with van der Waals surface area (Å²) in [4.78, 5) is -0.304. The molecule has 0 aromatic heterocycles. The van der Waals surface area contributed by atoms with Gasteiger partial charge in [0.05, 0.1) is 11.5 Å². The highest BCUT2D eigenvalue weighted by Gasteiger charge is 2.15. The van der Waals surface area contributed by atoms with Gasteiger partial charge in [-0.15, -0.1) is 0 Å². The average Bonchev–Trinajstić information content (AvgIpc) is 2.54. The second-order valence-electron chi connectivity index (χ2n) is 4.87. The van der Waals surface area contributed by atoms with Crippen molar-refractivity contribution >= 4 is 10.0 Å². The van der Waals surface area contributed by atoms with E-state index < -0.39 is 21.7 Å². The maximum Gasteiger partial charge on any atom is 0.240 e. The van der Waals surface area contributed by atoms with Crippen molar-refractivity contribution in [2.45, 2.75) is 17.9 Å². The average molecular weight is 341 g/mol. The molecule has 7 heteroatoms. The molecule has 2 aromatic carbocycles. The van der Waals surface area contributed by atoms with E-state index in [9.17, 15) is 17.2 Å². The Morgan fingerprint density at radius 1 is 1.00 bits per heavy atom. The van der Waals surface area contributed by atoms with Crippen LogP contribution >= 0.6 is 0 Å². The van der Waals surface area contributed by atoms with E-state index in [0.29, 0.717) is 25.7 Å². The lowest BCUT2D eigenvalue weighted by Gasteiger charge is -2.08. The van der Waals surface area contributed by atoms with Gasteiger partial charge in [-0.05, 0) is 30.2 Å². The van der Waals surface area contributed by atoms with Gasteiger partial charge in [0.1, 0.15) is 0 Å². The molecule has 0 amide bonds. The summed E-state index contributed by atoms with van der Waals surface area (Å²) >= 11 is 0. The zero-order valence-electron chi connectivity index (χ0n) is 12.3. The van der Waals surface area contributed by atoms with E-state index >= 15 is 0 Å². The summed E-state index contributed by atoms with van der Waals surface area (Å²) in [5, 5.41) is 0. The number of halogens is 2. The van der Waals surface area contributed by atoms with Gasteiger partial charge >= 0.3 is 0 Å². The lowest BCUT2D eigenvalue weighted by Crippen LogP contribution is -2.25. The number of benzene rings is 2. The summed E-state index contributed by atoms with van der Waals surface area (Å²) in [6, 6.07) is 12.1. The Kier molecular flexibility index (Phi) is 6.20. The molecule has 0 saturated heterocycles. The van der Waals surface area contributed by atoms with Gasteiger partial charge < -0.3 is 4.74 Å². The normalized spacial score (nSPS) is 11.6. The Balaban J connectivity index is 1.73. The standard InChI is InChI=1S/C16H17F2NO3S/c17-15-8-7-14(11-16(15)18)23(20,21)19-9-4-10-22-12-13-5-2-1-3-6-13/h1-3,5-8,11,19H,4,9-10,12H2. The summed E-state index contributed by atoms with van der Waals surface area (Å²) in [6.07, 6.45) is 0.468. The Morgan fingerprint density at radius 2 is 1.74 bits per heavy atom. The van der Waals surface area contributed by atoms with Gasteiger partial charge in [-0.1, -0.05) is 30.3 Å². The first-order valence-corrected chi connectivity index (χ1v) is 8.54. The van der Waals surface area contributed by atoms with Crippen LogP contribution in [-0.4, -0.2) is 21.6 Å². The molecule has 0 atom stereocenters. The summed E-state index contributed by atoms with van der Waals surface area (Å²) in [5.74, 6) is -2.28. The van der Waals surface area contributed by atoms with Gasteiger partial charge in [-0.3, -0.25) is 0 Å². The van der Waals surface area contributed by atoms with Crippen LogP contribution in [0.5, 0.6) is 0 Å². The van der Waals surface area contributed by atoms with Gasteiger partial charge in [0.25, 0.3) is 0 Å². The Bertz CT molecular complexity index is 736. The van der Waals surface area contributed by atoms with Crippen molar-refractivity contribution in [2.75, 3.05) is 13.2 Å². The largest absolute Gasteiger partial charge is 0.377 e. The molecule has 0 bridgehead atoms. The topological polar surface area (TPSA) is 55.4 Å². The van der Waals surface area contributed by atoms with Crippen molar-refractivity contribution in [2.24, 2.45) is 0 Å². The van der Waals surface area contributed by atoms with Crippen LogP contribution in [0.3, 0.4) is 0 Å². The Labute approximate surface area is 134 Å². The van der Waals surface area contributed by atoms with Gasteiger partial charge in [0.2, 0.25) is 10.0 Å². The lowest BCUT2D eigenvalue weighted by molar-refractivity contribution is 0.119. The molecule has 0 unspecified atom stereocenters. The number of nitrogens with one attached hydrogen (secondary N) is 1. The highest BCUT2D eigenvalue weighted by molar-refractivity contribution is 7.89. The van der Waals surface area contributed by atoms with Crippen molar-refractivity contribution < 1.29 is 21.9 Å². The third-order valence-electron chi connectivity index (χ3n) is 3.07. The first-order chi connectivity index (χ1) is 11.0. The number of rotatable bonds is 8. The molecule has 0 fully saturated rings. The predicted octanol–water partition coefficient (Wildman–Crippen LogP) is 2.85. The van der Waals surface area contributed by atoms with Crippen LogP contribution in [0, 0.1) is 11.6 Å². The van der Waals surface area contributed by atoms with Crippen LogP contribution in [0.2, 0.25) is 0 Å². The third kappa shape index (κ3) is 5.38. The highest BCUT2D eigenvalue weighted by atomic mass is 32.2. The number of hydrogen-bond acceptors (Lipinski definition) is 3. The maximum absolute atomic E-state index is 13.1. The zero-order chi connectivity index (χ0) is 16.7. The van der Waals surface area contributed by atoms with Crippen LogP contribution in [0.4, 0.5) is 8.78 Å². The molecule has 0 spiro atoms. The fraction of sp³-hybridized carbons (Fsp3) is 0.250. The minimum Gasteiger partial charge on any atom is -0.377 e. The SMILES string of the molecule is O=S(=O)(NCCCOCc1ccccc1)c1ccc(F)c(F)c1. The quantitative estimate of drug-likeness (QED) is 0.751. The molecule has 2 rings (SSSR count). The molecule has 1 N–H and O–H groups in total. The fourth-order valence-electron chi connectivity index (χ4n) is 1.87. The summed E-state index contributed by atoms with van der Waals surface area (Å²) in [6.45, 7) is 0.988. The summed E-state index contributed by atoms with van der Waals surface area (Å²) in [7, 11) is -3.85. The third-order valence-corrected chi connectivity index (χ3v) is 4.53. The predicted molar refractivity (Wildman–Crippen MR) is 82.3 cm³/mol. The monoisotopic (exact) mass is 341 g/mol. The minimum atomic E-state index is -3.85. The summed E-state index contributed by atoms with van der Waals surface area (Å²) in [5.41, 5.74) is 1.04. The molecule has 0 heterocycles. The van der Waals surface area contributed by atoms with E-state index in [1.807, 2.05) is 30.3 Å². The second kappa shape index (κ2) is 8.14. The molecule has 0 radical (unpaired) electrons. The van der Waals surface area contributed by atoms with E-state index in [-0.39, 0.29) is 11.4 Å². The molecule has 0 saturated carbocycles.